The standard InChI is InChI=1S/C15H18O3/c1-10(16)9-14(13-7-5-4-6-8-13)15(11(2)17)12(3)18/h4-8,14-15H,9H2,1-3H3. The van der Waals surface area contributed by atoms with Crippen LogP contribution in [0.3, 0.4) is 0 Å². The quantitative estimate of drug-likeness (QED) is 0.725. The van der Waals surface area contributed by atoms with Crippen molar-refractivity contribution in [1.29, 1.82) is 0 Å². The Morgan fingerprint density at radius 1 is 0.944 bits per heavy atom. The van der Waals surface area contributed by atoms with Crippen molar-refractivity contribution in [2.24, 2.45) is 5.92 Å². The summed E-state index contributed by atoms with van der Waals surface area (Å²) in [6.45, 7) is 4.29. The van der Waals surface area contributed by atoms with Crippen molar-refractivity contribution >= 4 is 17.3 Å². The lowest BCUT2D eigenvalue weighted by Gasteiger charge is -2.22. The first-order chi connectivity index (χ1) is 8.43. The number of benzene rings is 1. The van der Waals surface area contributed by atoms with Gasteiger partial charge >= 0.3 is 0 Å². The average molecular weight is 246 g/mol. The molecule has 18 heavy (non-hydrogen) atoms. The topological polar surface area (TPSA) is 51.2 Å². The lowest BCUT2D eigenvalue weighted by molar-refractivity contribution is -0.131. The number of carbonyl (C=O) groups is 3. The fourth-order valence-corrected chi connectivity index (χ4v) is 2.29. The zero-order valence-electron chi connectivity index (χ0n) is 11.0. The van der Waals surface area contributed by atoms with E-state index in [1.54, 1.807) is 0 Å². The lowest BCUT2D eigenvalue weighted by Crippen LogP contribution is -2.28. The Labute approximate surface area is 107 Å². The summed E-state index contributed by atoms with van der Waals surface area (Å²) in [5, 5.41) is 0. The maximum atomic E-state index is 11.6. The first kappa shape index (κ1) is 14.3. The van der Waals surface area contributed by atoms with E-state index in [0.717, 1.165) is 5.56 Å². The van der Waals surface area contributed by atoms with E-state index >= 15 is 0 Å². The molecule has 0 heterocycles. The summed E-state index contributed by atoms with van der Waals surface area (Å²) < 4.78 is 0. The predicted octanol–water partition coefficient (Wildman–Crippen LogP) is 2.54. The summed E-state index contributed by atoms with van der Waals surface area (Å²) in [5.41, 5.74) is 0.864. The maximum Gasteiger partial charge on any atom is 0.140 e. The minimum atomic E-state index is -0.726. The Kier molecular flexibility index (Phi) is 4.95. The minimum Gasteiger partial charge on any atom is -0.300 e. The van der Waals surface area contributed by atoms with Crippen LogP contribution in [0.5, 0.6) is 0 Å². The zero-order valence-corrected chi connectivity index (χ0v) is 11.0. The molecule has 0 fully saturated rings. The summed E-state index contributed by atoms with van der Waals surface area (Å²) in [4.78, 5) is 34.7. The van der Waals surface area contributed by atoms with Crippen molar-refractivity contribution in [2.45, 2.75) is 33.1 Å². The van der Waals surface area contributed by atoms with E-state index in [1.165, 1.54) is 20.8 Å². The molecule has 1 atom stereocenters. The van der Waals surface area contributed by atoms with E-state index in [0.29, 0.717) is 0 Å². The van der Waals surface area contributed by atoms with Crippen LogP contribution in [0.4, 0.5) is 0 Å². The largest absolute Gasteiger partial charge is 0.300 e. The zero-order chi connectivity index (χ0) is 13.7. The van der Waals surface area contributed by atoms with Crippen molar-refractivity contribution in [3.8, 4) is 0 Å². The average Bonchev–Trinajstić information content (AvgIpc) is 2.27. The third kappa shape index (κ3) is 3.62. The predicted molar refractivity (Wildman–Crippen MR) is 69.3 cm³/mol. The van der Waals surface area contributed by atoms with Gasteiger partial charge in [-0.05, 0) is 26.3 Å². The number of ketones is 3. The molecule has 0 spiro atoms. The van der Waals surface area contributed by atoms with Crippen LogP contribution in [0.1, 0.15) is 38.7 Å². The van der Waals surface area contributed by atoms with Gasteiger partial charge in [0.2, 0.25) is 0 Å². The van der Waals surface area contributed by atoms with Crippen LogP contribution in [-0.2, 0) is 14.4 Å². The molecule has 0 aliphatic rings. The molecule has 1 aromatic carbocycles. The lowest BCUT2D eigenvalue weighted by atomic mass is 9.78. The molecule has 0 aliphatic heterocycles. The highest BCUT2D eigenvalue weighted by Gasteiger charge is 2.31. The van der Waals surface area contributed by atoms with Crippen molar-refractivity contribution in [3.63, 3.8) is 0 Å². The second-order valence-electron chi connectivity index (χ2n) is 4.62. The van der Waals surface area contributed by atoms with Crippen LogP contribution >= 0.6 is 0 Å². The van der Waals surface area contributed by atoms with Gasteiger partial charge in [0.15, 0.2) is 0 Å². The van der Waals surface area contributed by atoms with Gasteiger partial charge in [0, 0.05) is 12.3 Å². The Morgan fingerprint density at radius 2 is 1.44 bits per heavy atom. The molecule has 0 saturated carbocycles. The van der Waals surface area contributed by atoms with Crippen LogP contribution in [0.15, 0.2) is 30.3 Å². The van der Waals surface area contributed by atoms with E-state index in [-0.39, 0.29) is 29.7 Å². The van der Waals surface area contributed by atoms with Gasteiger partial charge in [-0.1, -0.05) is 30.3 Å². The summed E-state index contributed by atoms with van der Waals surface area (Å²) in [6.07, 6.45) is 0.216. The fourth-order valence-electron chi connectivity index (χ4n) is 2.29. The van der Waals surface area contributed by atoms with Gasteiger partial charge < -0.3 is 4.79 Å². The highest BCUT2D eigenvalue weighted by atomic mass is 16.1. The van der Waals surface area contributed by atoms with Gasteiger partial charge in [-0.3, -0.25) is 9.59 Å². The molecule has 1 rings (SSSR count). The first-order valence-corrected chi connectivity index (χ1v) is 5.98. The number of Topliss-reactive ketones (excluding diaryl/α,β-unsaturated/α-hetero) is 3. The molecule has 0 aromatic heterocycles. The summed E-state index contributed by atoms with van der Waals surface area (Å²) in [5.74, 6) is -1.46. The van der Waals surface area contributed by atoms with Gasteiger partial charge in [0.25, 0.3) is 0 Å². The normalized spacial score (nSPS) is 12.2. The van der Waals surface area contributed by atoms with E-state index in [1.807, 2.05) is 30.3 Å². The van der Waals surface area contributed by atoms with Crippen molar-refractivity contribution in [1.82, 2.24) is 0 Å². The third-order valence-electron chi connectivity index (χ3n) is 3.01. The molecule has 1 aromatic rings. The molecule has 3 nitrogen and oxygen atoms in total. The summed E-state index contributed by atoms with van der Waals surface area (Å²) in [7, 11) is 0. The van der Waals surface area contributed by atoms with E-state index in [2.05, 4.69) is 0 Å². The molecule has 96 valence electrons. The molecule has 0 saturated heterocycles. The van der Waals surface area contributed by atoms with Crippen molar-refractivity contribution in [2.75, 3.05) is 0 Å². The third-order valence-corrected chi connectivity index (χ3v) is 3.01. The molecular formula is C15H18O3. The number of hydrogen-bond donors (Lipinski definition) is 0. The van der Waals surface area contributed by atoms with E-state index in [4.69, 9.17) is 0 Å². The first-order valence-electron chi connectivity index (χ1n) is 5.98. The molecule has 0 N–H and O–H groups in total. The smallest absolute Gasteiger partial charge is 0.140 e. The Hall–Kier alpha value is -1.77. The van der Waals surface area contributed by atoms with Crippen LogP contribution in [0.2, 0.25) is 0 Å². The van der Waals surface area contributed by atoms with Gasteiger partial charge in [-0.15, -0.1) is 0 Å². The second-order valence-corrected chi connectivity index (χ2v) is 4.62. The van der Waals surface area contributed by atoms with Crippen LogP contribution < -0.4 is 0 Å². The second kappa shape index (κ2) is 6.24. The minimum absolute atomic E-state index is 0.0173. The van der Waals surface area contributed by atoms with Gasteiger partial charge in [0.1, 0.15) is 17.3 Å². The molecule has 0 bridgehead atoms. The molecule has 0 radical (unpaired) electrons. The maximum absolute atomic E-state index is 11.6. The van der Waals surface area contributed by atoms with Gasteiger partial charge in [0.05, 0.1) is 5.92 Å². The monoisotopic (exact) mass is 246 g/mol. The molecule has 3 heteroatoms. The van der Waals surface area contributed by atoms with E-state index in [9.17, 15) is 14.4 Å². The van der Waals surface area contributed by atoms with E-state index < -0.39 is 5.92 Å². The number of carbonyl (C=O) groups excluding carboxylic acids is 3. The SMILES string of the molecule is CC(=O)CC(c1ccccc1)C(C(C)=O)C(C)=O. The summed E-state index contributed by atoms with van der Waals surface area (Å²) in [6, 6.07) is 9.27. The Balaban J connectivity index is 3.15. The van der Waals surface area contributed by atoms with Crippen LogP contribution in [-0.4, -0.2) is 17.3 Å². The van der Waals surface area contributed by atoms with Crippen LogP contribution in [0, 0.1) is 5.92 Å². The summed E-state index contributed by atoms with van der Waals surface area (Å²) >= 11 is 0. The molecular weight excluding hydrogens is 228 g/mol. The van der Waals surface area contributed by atoms with Gasteiger partial charge in [-0.25, -0.2) is 0 Å². The van der Waals surface area contributed by atoms with Crippen molar-refractivity contribution < 1.29 is 14.4 Å². The van der Waals surface area contributed by atoms with Gasteiger partial charge in [-0.2, -0.15) is 0 Å². The molecule has 1 unspecified atom stereocenters. The van der Waals surface area contributed by atoms with Crippen LogP contribution in [0.25, 0.3) is 0 Å². The molecule has 0 amide bonds. The number of hydrogen-bond acceptors (Lipinski definition) is 3. The Morgan fingerprint density at radius 3 is 1.83 bits per heavy atom. The number of rotatable bonds is 6. The molecule has 0 aliphatic carbocycles. The highest BCUT2D eigenvalue weighted by molar-refractivity contribution is 6.01. The fraction of sp³-hybridized carbons (Fsp3) is 0.400. The Bertz CT molecular complexity index is 434. The highest BCUT2D eigenvalue weighted by Crippen LogP contribution is 2.30. The van der Waals surface area contributed by atoms with Crippen molar-refractivity contribution in [3.05, 3.63) is 35.9 Å².